The summed E-state index contributed by atoms with van der Waals surface area (Å²) < 4.78 is 50.6. The van der Waals surface area contributed by atoms with E-state index in [0.717, 1.165) is 77.0 Å². The zero-order chi connectivity index (χ0) is 46.2. The first-order valence-corrected chi connectivity index (χ1v) is 24.8. The maximum Gasteiger partial charge on any atom is 0.407 e. The van der Waals surface area contributed by atoms with Crippen molar-refractivity contribution in [3.8, 4) is 0 Å². The fourth-order valence-electron chi connectivity index (χ4n) is 6.10. The fourth-order valence-corrected chi connectivity index (χ4v) is 6.10. The lowest BCUT2D eigenvalue weighted by Gasteiger charge is -2.19. The number of nitrogens with one attached hydrogen (secondary N) is 1. The first-order chi connectivity index (χ1) is 30.7. The number of esters is 2. The van der Waals surface area contributed by atoms with Crippen molar-refractivity contribution in [2.24, 2.45) is 0 Å². The van der Waals surface area contributed by atoms with Crippen molar-refractivity contribution in [3.63, 3.8) is 0 Å². The van der Waals surface area contributed by atoms with Gasteiger partial charge in [-0.2, -0.15) is 0 Å². The van der Waals surface area contributed by atoms with Crippen molar-refractivity contribution in [2.75, 3.05) is 92.4 Å². The molecule has 0 aliphatic carbocycles. The van der Waals surface area contributed by atoms with Gasteiger partial charge in [0.25, 0.3) is 0 Å². The van der Waals surface area contributed by atoms with Crippen LogP contribution in [0, 0.1) is 0 Å². The third-order valence-electron chi connectivity index (χ3n) is 9.65. The molecule has 1 amide bonds. The lowest BCUT2D eigenvalue weighted by atomic mass is 10.1. The van der Waals surface area contributed by atoms with E-state index in [4.69, 9.17) is 42.6 Å². The quantitative estimate of drug-likeness (QED) is 0.0268. The Kier molecular flexibility index (Phi) is 45.5. The Morgan fingerprint density at radius 3 is 1.41 bits per heavy atom. The molecule has 63 heavy (non-hydrogen) atoms. The van der Waals surface area contributed by atoms with Gasteiger partial charge in [-0.25, -0.2) is 4.79 Å². The van der Waals surface area contributed by atoms with Crippen molar-refractivity contribution in [1.29, 1.82) is 0 Å². The van der Waals surface area contributed by atoms with E-state index in [9.17, 15) is 14.4 Å². The van der Waals surface area contributed by atoms with Crippen LogP contribution in [0.25, 0.3) is 0 Å². The van der Waals surface area contributed by atoms with E-state index in [2.05, 4.69) is 31.3 Å². The maximum absolute atomic E-state index is 12.0. The van der Waals surface area contributed by atoms with Crippen molar-refractivity contribution in [3.05, 3.63) is 24.3 Å². The Labute approximate surface area is 383 Å². The summed E-state index contributed by atoms with van der Waals surface area (Å²) in [6, 6.07) is 0. The molecule has 0 aliphatic rings. The predicted molar refractivity (Wildman–Crippen MR) is 251 cm³/mol. The second kappa shape index (κ2) is 47.4. The minimum atomic E-state index is -0.527. The third kappa shape index (κ3) is 50.3. The van der Waals surface area contributed by atoms with Gasteiger partial charge in [0.15, 0.2) is 0 Å². The van der Waals surface area contributed by atoms with Crippen LogP contribution in [0.5, 0.6) is 0 Å². The molecule has 1 N–H and O–H groups in total. The van der Waals surface area contributed by atoms with Crippen LogP contribution in [0.4, 0.5) is 4.79 Å². The van der Waals surface area contributed by atoms with Gasteiger partial charge in [0.1, 0.15) is 24.9 Å². The molecule has 0 saturated heterocycles. The van der Waals surface area contributed by atoms with Crippen molar-refractivity contribution < 1.29 is 57.0 Å². The minimum Gasteiger partial charge on any atom is -0.461 e. The molecule has 0 fully saturated rings. The van der Waals surface area contributed by atoms with E-state index in [1.54, 1.807) is 0 Å². The van der Waals surface area contributed by atoms with E-state index in [1.165, 1.54) is 51.4 Å². The summed E-state index contributed by atoms with van der Waals surface area (Å²) in [6.07, 6.45) is 30.3. The number of amides is 1. The summed E-state index contributed by atoms with van der Waals surface area (Å²) in [5, 5.41) is 2.65. The number of allylic oxidation sites excluding steroid dienone is 2. The average Bonchev–Trinajstić information content (AvgIpc) is 3.24. The molecular formula is C50H93NO12. The van der Waals surface area contributed by atoms with Gasteiger partial charge in [-0.15, -0.1) is 0 Å². The standard InChI is InChI=1S/C50H93NO12/c1-6-8-10-12-14-21-28-35-61-47(52)30-24-18-16-20-26-33-58-44-46(60-34-27-23-17-19-25-31-48(53)62-36-29-22-15-13-11-9-7-2)45-59-43-42-57-41-40-56-39-38-55-37-32-51-49(54)63-50(3,4)5/h21-22,28-29,46H,6-20,23-27,30-45H2,1-5H3,(H,51,54)/b28-21-,29-22-. The first kappa shape index (κ1) is 60.5. The number of hydrogen-bond acceptors (Lipinski definition) is 12. The molecule has 0 aromatic rings. The number of hydrogen-bond donors (Lipinski definition) is 1. The summed E-state index contributed by atoms with van der Waals surface area (Å²) in [5.41, 5.74) is -0.527. The Hall–Kier alpha value is -2.55. The molecule has 1 atom stereocenters. The van der Waals surface area contributed by atoms with Crippen LogP contribution in [0.15, 0.2) is 24.3 Å². The minimum absolute atomic E-state index is 0.117. The van der Waals surface area contributed by atoms with Crippen LogP contribution >= 0.6 is 0 Å². The van der Waals surface area contributed by atoms with Crippen LogP contribution in [0.1, 0.15) is 176 Å². The second-order valence-corrected chi connectivity index (χ2v) is 17.0. The van der Waals surface area contributed by atoms with Gasteiger partial charge in [-0.05, 0) is 72.1 Å². The number of carbonyl (C=O) groups excluding carboxylic acids is 3. The number of ether oxygens (including phenoxy) is 9. The molecule has 0 heterocycles. The van der Waals surface area contributed by atoms with Gasteiger partial charge >= 0.3 is 18.0 Å². The molecule has 13 nitrogen and oxygen atoms in total. The van der Waals surface area contributed by atoms with Gasteiger partial charge in [0, 0.05) is 32.6 Å². The molecular weight excluding hydrogens is 807 g/mol. The SMILES string of the molecule is CCCCCC/C=C\COC(=O)CCCCCCCOCC(COCCOCCOCCOCCNC(=O)OC(C)(C)C)OCCCCCCCC(=O)OC/C=C\CCCCCC. The summed E-state index contributed by atoms with van der Waals surface area (Å²) >= 11 is 0. The molecule has 13 heteroatoms. The maximum atomic E-state index is 12.0. The molecule has 0 bridgehead atoms. The third-order valence-corrected chi connectivity index (χ3v) is 9.65. The topological polar surface area (TPSA) is 146 Å². The van der Waals surface area contributed by atoms with Gasteiger partial charge in [0.05, 0.1) is 59.5 Å². The molecule has 1 unspecified atom stereocenters. The van der Waals surface area contributed by atoms with Crippen molar-refractivity contribution in [1.82, 2.24) is 5.32 Å². The van der Waals surface area contributed by atoms with Crippen molar-refractivity contribution >= 4 is 18.0 Å². The van der Waals surface area contributed by atoms with E-state index >= 15 is 0 Å². The lowest BCUT2D eigenvalue weighted by Crippen LogP contribution is -2.34. The molecule has 0 aliphatic heterocycles. The number of unbranched alkanes of at least 4 members (excludes halogenated alkanes) is 16. The highest BCUT2D eigenvalue weighted by atomic mass is 16.6. The summed E-state index contributed by atoms with van der Waals surface area (Å²) in [4.78, 5) is 35.7. The highest BCUT2D eigenvalue weighted by Crippen LogP contribution is 2.11. The fraction of sp³-hybridized carbons (Fsp3) is 0.860. The number of rotatable bonds is 47. The second-order valence-electron chi connectivity index (χ2n) is 17.0. The summed E-state index contributed by atoms with van der Waals surface area (Å²) in [6.45, 7) is 16.2. The zero-order valence-electron chi connectivity index (χ0n) is 40.7. The highest BCUT2D eigenvalue weighted by Gasteiger charge is 2.15. The van der Waals surface area contributed by atoms with Crippen molar-refractivity contribution in [2.45, 2.75) is 188 Å². The Balaban J connectivity index is 4.19. The highest BCUT2D eigenvalue weighted by molar-refractivity contribution is 5.69. The average molecular weight is 900 g/mol. The molecule has 0 spiro atoms. The first-order valence-electron chi connectivity index (χ1n) is 24.8. The molecule has 0 saturated carbocycles. The van der Waals surface area contributed by atoms with Crippen LogP contribution in [0.3, 0.4) is 0 Å². The van der Waals surface area contributed by atoms with E-state index < -0.39 is 11.7 Å². The predicted octanol–water partition coefficient (Wildman–Crippen LogP) is 10.8. The van der Waals surface area contributed by atoms with Crippen LogP contribution in [-0.4, -0.2) is 122 Å². The van der Waals surface area contributed by atoms with E-state index in [-0.39, 0.29) is 18.0 Å². The molecule has 0 aromatic heterocycles. The molecule has 0 rings (SSSR count). The Morgan fingerprint density at radius 1 is 0.476 bits per heavy atom. The van der Waals surface area contributed by atoms with Crippen LogP contribution in [0.2, 0.25) is 0 Å². The normalized spacial score (nSPS) is 12.3. The van der Waals surface area contributed by atoms with E-state index in [0.29, 0.717) is 105 Å². The Morgan fingerprint density at radius 2 is 0.905 bits per heavy atom. The van der Waals surface area contributed by atoms with Gasteiger partial charge in [0.2, 0.25) is 0 Å². The number of carbonyl (C=O) groups is 3. The smallest absolute Gasteiger partial charge is 0.407 e. The summed E-state index contributed by atoms with van der Waals surface area (Å²) in [7, 11) is 0. The van der Waals surface area contributed by atoms with Gasteiger partial charge in [-0.3, -0.25) is 9.59 Å². The summed E-state index contributed by atoms with van der Waals surface area (Å²) in [5.74, 6) is -0.238. The van der Waals surface area contributed by atoms with E-state index in [1.807, 2.05) is 32.9 Å². The monoisotopic (exact) mass is 900 g/mol. The molecule has 0 aromatic carbocycles. The zero-order valence-corrected chi connectivity index (χ0v) is 40.7. The molecule has 0 radical (unpaired) electrons. The largest absolute Gasteiger partial charge is 0.461 e. The van der Waals surface area contributed by atoms with Crippen LogP contribution < -0.4 is 5.32 Å². The molecule has 370 valence electrons. The Bertz CT molecular complexity index is 1080. The lowest BCUT2D eigenvalue weighted by molar-refractivity contribution is -0.143. The van der Waals surface area contributed by atoms with Gasteiger partial charge in [-0.1, -0.05) is 115 Å². The number of alkyl carbamates (subject to hydrolysis) is 1. The van der Waals surface area contributed by atoms with Gasteiger partial charge < -0.3 is 47.9 Å². The van der Waals surface area contributed by atoms with Crippen LogP contribution in [-0.2, 0) is 52.2 Å².